The molecular formula is C22H25N5O3S. The highest BCUT2D eigenvalue weighted by molar-refractivity contribution is 7.14. The fraction of sp³-hybridized carbons (Fsp3) is 0.318. The number of piperidine rings is 1. The molecule has 9 heteroatoms. The van der Waals surface area contributed by atoms with Crippen molar-refractivity contribution in [2.75, 3.05) is 29.9 Å². The maximum Gasteiger partial charge on any atom is 0.253 e. The van der Waals surface area contributed by atoms with Crippen molar-refractivity contribution >= 4 is 34.0 Å². The Morgan fingerprint density at radius 1 is 1.32 bits per heavy atom. The Balaban J connectivity index is 1.35. The number of hydrogen-bond donors (Lipinski definition) is 3. The standard InChI is InChI=1S/C22H25N5O3S/c1-26-9-7-16(12-26)21(30)23-11-20(29)25-22-24-19(14-31-22)15-4-2-5-17(10-15)27-8-3-6-18(28)13-27/h2,4-5,7,9-10,12,14,18,28H,3,6,8,11,13H2,1H3,(H,23,30)(H,24,25,29)/t18-/m0/s1. The van der Waals surface area contributed by atoms with E-state index < -0.39 is 0 Å². The molecule has 2 aromatic heterocycles. The summed E-state index contributed by atoms with van der Waals surface area (Å²) in [7, 11) is 1.83. The van der Waals surface area contributed by atoms with Gasteiger partial charge in [0.25, 0.3) is 5.91 Å². The number of aliphatic hydroxyl groups is 1. The normalized spacial score (nSPS) is 16.2. The molecular weight excluding hydrogens is 414 g/mol. The first kappa shape index (κ1) is 21.1. The zero-order valence-electron chi connectivity index (χ0n) is 17.2. The molecule has 1 fully saturated rings. The Hall–Kier alpha value is -3.17. The molecule has 3 N–H and O–H groups in total. The largest absolute Gasteiger partial charge is 0.391 e. The van der Waals surface area contributed by atoms with Crippen molar-refractivity contribution in [3.8, 4) is 11.3 Å². The number of β-amino-alcohol motifs (C(OH)–C–C–N with tert-alkyl or cyclic N) is 1. The second kappa shape index (κ2) is 9.32. The number of anilines is 2. The average molecular weight is 440 g/mol. The van der Waals surface area contributed by atoms with Crippen molar-refractivity contribution in [2.45, 2.75) is 18.9 Å². The minimum absolute atomic E-state index is 0.130. The number of aryl methyl sites for hydroxylation is 1. The highest BCUT2D eigenvalue weighted by Crippen LogP contribution is 2.29. The van der Waals surface area contributed by atoms with Gasteiger partial charge in [0.1, 0.15) is 0 Å². The molecule has 31 heavy (non-hydrogen) atoms. The molecule has 3 heterocycles. The number of nitrogens with zero attached hydrogens (tertiary/aromatic N) is 3. The van der Waals surface area contributed by atoms with Crippen LogP contribution in [-0.2, 0) is 11.8 Å². The van der Waals surface area contributed by atoms with Gasteiger partial charge in [0.2, 0.25) is 5.91 Å². The van der Waals surface area contributed by atoms with Gasteiger partial charge >= 0.3 is 0 Å². The van der Waals surface area contributed by atoms with Crippen LogP contribution in [0.25, 0.3) is 11.3 Å². The summed E-state index contributed by atoms with van der Waals surface area (Å²) in [6, 6.07) is 9.73. The number of rotatable bonds is 6. The summed E-state index contributed by atoms with van der Waals surface area (Å²) in [5.74, 6) is -0.628. The maximum atomic E-state index is 12.2. The lowest BCUT2D eigenvalue weighted by Crippen LogP contribution is -2.38. The molecule has 1 atom stereocenters. The van der Waals surface area contributed by atoms with Gasteiger partial charge in [-0.25, -0.2) is 4.98 Å². The fourth-order valence-electron chi connectivity index (χ4n) is 3.58. The van der Waals surface area contributed by atoms with Crippen molar-refractivity contribution < 1.29 is 14.7 Å². The summed E-state index contributed by atoms with van der Waals surface area (Å²) in [5.41, 5.74) is 3.28. The van der Waals surface area contributed by atoms with Crippen molar-refractivity contribution in [2.24, 2.45) is 7.05 Å². The van der Waals surface area contributed by atoms with Crippen molar-refractivity contribution in [3.05, 3.63) is 53.7 Å². The lowest BCUT2D eigenvalue weighted by Gasteiger charge is -2.32. The van der Waals surface area contributed by atoms with E-state index in [2.05, 4.69) is 26.6 Å². The molecule has 162 valence electrons. The molecule has 3 aromatic rings. The average Bonchev–Trinajstić information content (AvgIpc) is 3.41. The maximum absolute atomic E-state index is 12.2. The molecule has 0 radical (unpaired) electrons. The van der Waals surface area contributed by atoms with Crippen LogP contribution in [0.5, 0.6) is 0 Å². The summed E-state index contributed by atoms with van der Waals surface area (Å²) in [6.07, 6.45) is 4.99. The highest BCUT2D eigenvalue weighted by Gasteiger charge is 2.18. The minimum atomic E-state index is -0.332. The van der Waals surface area contributed by atoms with Crippen LogP contribution in [0.3, 0.4) is 0 Å². The number of thiazole rings is 1. The van der Waals surface area contributed by atoms with Crippen LogP contribution in [0.1, 0.15) is 23.2 Å². The quantitative estimate of drug-likeness (QED) is 0.548. The van der Waals surface area contributed by atoms with E-state index in [1.54, 1.807) is 23.0 Å². The monoisotopic (exact) mass is 439 g/mol. The van der Waals surface area contributed by atoms with Crippen molar-refractivity contribution in [1.82, 2.24) is 14.9 Å². The lowest BCUT2D eigenvalue weighted by atomic mass is 10.1. The first-order valence-electron chi connectivity index (χ1n) is 10.2. The first-order chi connectivity index (χ1) is 15.0. The van der Waals surface area contributed by atoms with Crippen LogP contribution >= 0.6 is 11.3 Å². The summed E-state index contributed by atoms with van der Waals surface area (Å²) in [4.78, 5) is 30.9. The number of hydrogen-bond acceptors (Lipinski definition) is 6. The number of benzene rings is 1. The van der Waals surface area contributed by atoms with E-state index in [0.29, 0.717) is 17.2 Å². The Labute approximate surface area is 184 Å². The summed E-state index contributed by atoms with van der Waals surface area (Å²) in [6.45, 7) is 1.43. The molecule has 0 saturated carbocycles. The van der Waals surface area contributed by atoms with E-state index in [9.17, 15) is 14.7 Å². The van der Waals surface area contributed by atoms with Gasteiger partial charge in [-0.1, -0.05) is 12.1 Å². The van der Waals surface area contributed by atoms with Crippen LogP contribution in [-0.4, -0.2) is 52.2 Å². The van der Waals surface area contributed by atoms with Crippen LogP contribution in [0, 0.1) is 0 Å². The topological polar surface area (TPSA) is 99.5 Å². The predicted octanol–water partition coefficient (Wildman–Crippen LogP) is 2.48. The Bertz CT molecular complexity index is 1080. The molecule has 8 nitrogen and oxygen atoms in total. The van der Waals surface area contributed by atoms with Gasteiger partial charge in [0, 0.05) is 49.2 Å². The SMILES string of the molecule is Cn1ccc(C(=O)NCC(=O)Nc2nc(-c3cccc(N4CCC[C@H](O)C4)c3)cs2)c1. The number of nitrogens with one attached hydrogen (secondary N) is 2. The smallest absolute Gasteiger partial charge is 0.253 e. The number of aliphatic hydroxyl groups excluding tert-OH is 1. The number of carbonyl (C=O) groups is 2. The molecule has 0 aliphatic carbocycles. The van der Waals surface area contributed by atoms with Crippen LogP contribution in [0.4, 0.5) is 10.8 Å². The van der Waals surface area contributed by atoms with E-state index in [-0.39, 0.29) is 24.5 Å². The molecule has 1 aliphatic heterocycles. The van der Waals surface area contributed by atoms with Gasteiger partial charge in [-0.2, -0.15) is 0 Å². The Morgan fingerprint density at radius 2 is 2.19 bits per heavy atom. The van der Waals surface area contributed by atoms with Gasteiger partial charge in [-0.15, -0.1) is 11.3 Å². The van der Waals surface area contributed by atoms with Crippen molar-refractivity contribution in [3.63, 3.8) is 0 Å². The van der Waals surface area contributed by atoms with Gasteiger partial charge in [0.15, 0.2) is 5.13 Å². The zero-order chi connectivity index (χ0) is 21.8. The second-order valence-corrected chi connectivity index (χ2v) is 8.48. The molecule has 4 rings (SSSR count). The highest BCUT2D eigenvalue weighted by atomic mass is 32.1. The second-order valence-electron chi connectivity index (χ2n) is 7.63. The first-order valence-corrected chi connectivity index (χ1v) is 11.0. The molecule has 0 bridgehead atoms. The van der Waals surface area contributed by atoms with E-state index in [1.165, 1.54) is 11.3 Å². The third-order valence-corrected chi connectivity index (χ3v) is 5.92. The molecule has 1 saturated heterocycles. The number of aromatic nitrogens is 2. The molecule has 1 aliphatic rings. The third-order valence-electron chi connectivity index (χ3n) is 5.16. The Kier molecular flexibility index (Phi) is 6.34. The fourth-order valence-corrected chi connectivity index (χ4v) is 4.31. The van der Waals surface area contributed by atoms with Crippen molar-refractivity contribution in [1.29, 1.82) is 0 Å². The van der Waals surface area contributed by atoms with Gasteiger partial charge < -0.3 is 25.2 Å². The van der Waals surface area contributed by atoms with E-state index in [0.717, 1.165) is 36.3 Å². The molecule has 0 spiro atoms. The Morgan fingerprint density at radius 3 is 2.97 bits per heavy atom. The van der Waals surface area contributed by atoms with Gasteiger partial charge in [0.05, 0.1) is 23.9 Å². The summed E-state index contributed by atoms with van der Waals surface area (Å²) in [5, 5.41) is 17.6. The number of amides is 2. The van der Waals surface area contributed by atoms with Crippen LogP contribution in [0.2, 0.25) is 0 Å². The molecule has 0 unspecified atom stereocenters. The lowest BCUT2D eigenvalue weighted by molar-refractivity contribution is -0.115. The van der Waals surface area contributed by atoms with E-state index in [1.807, 2.05) is 30.6 Å². The van der Waals surface area contributed by atoms with Gasteiger partial charge in [-0.05, 0) is 31.0 Å². The van der Waals surface area contributed by atoms with E-state index in [4.69, 9.17) is 0 Å². The zero-order valence-corrected chi connectivity index (χ0v) is 18.1. The van der Waals surface area contributed by atoms with Crippen LogP contribution < -0.4 is 15.5 Å². The summed E-state index contributed by atoms with van der Waals surface area (Å²) >= 11 is 1.34. The minimum Gasteiger partial charge on any atom is -0.391 e. The predicted molar refractivity (Wildman–Crippen MR) is 121 cm³/mol. The number of carbonyl (C=O) groups excluding carboxylic acids is 2. The summed E-state index contributed by atoms with van der Waals surface area (Å²) < 4.78 is 1.77. The van der Waals surface area contributed by atoms with E-state index >= 15 is 0 Å². The molecule has 1 aromatic carbocycles. The van der Waals surface area contributed by atoms with Gasteiger partial charge in [-0.3, -0.25) is 9.59 Å². The van der Waals surface area contributed by atoms with Crippen LogP contribution in [0.15, 0.2) is 48.1 Å². The molecule has 2 amide bonds. The third kappa shape index (κ3) is 5.31.